The van der Waals surface area contributed by atoms with Gasteiger partial charge in [0.2, 0.25) is 11.1 Å². The number of halogens is 1. The average molecular weight is 457 g/mol. The van der Waals surface area contributed by atoms with Crippen molar-refractivity contribution >= 4 is 40.6 Å². The predicted octanol–water partition coefficient (Wildman–Crippen LogP) is 3.72. The largest absolute Gasteiger partial charge is 0.449 e. The third-order valence-electron chi connectivity index (χ3n) is 6.25. The Morgan fingerprint density at radius 2 is 1.71 bits per heavy atom. The number of carbonyl (C=O) groups is 3. The molecule has 5 rings (SSSR count). The second-order valence-electron chi connectivity index (χ2n) is 7.95. The monoisotopic (exact) mass is 456 g/mol. The van der Waals surface area contributed by atoms with Gasteiger partial charge in [0, 0.05) is 11.7 Å². The Balaban J connectivity index is 1.25. The van der Waals surface area contributed by atoms with Crippen molar-refractivity contribution in [1.29, 1.82) is 0 Å². The van der Waals surface area contributed by atoms with Gasteiger partial charge >= 0.3 is 6.09 Å². The summed E-state index contributed by atoms with van der Waals surface area (Å²) in [6.07, 6.45) is 0.588. The number of amides is 2. The number of benzene rings is 2. The number of nitrogens with one attached hydrogen (secondary N) is 1. The van der Waals surface area contributed by atoms with Gasteiger partial charge in [0.25, 0.3) is 0 Å². The lowest BCUT2D eigenvalue weighted by Crippen LogP contribution is -2.57. The van der Waals surface area contributed by atoms with Gasteiger partial charge < -0.3 is 15.0 Å². The molecule has 0 bridgehead atoms. The smallest absolute Gasteiger partial charge is 0.407 e. The van der Waals surface area contributed by atoms with Crippen molar-refractivity contribution in [2.45, 2.75) is 36.2 Å². The molecule has 0 saturated carbocycles. The zero-order chi connectivity index (χ0) is 21.5. The molecule has 2 aromatic carbocycles. The lowest BCUT2D eigenvalue weighted by atomic mass is 9.98. The van der Waals surface area contributed by atoms with Crippen molar-refractivity contribution in [1.82, 2.24) is 10.2 Å². The molecule has 3 atom stereocenters. The normalized spacial score (nSPS) is 24.4. The molecule has 0 spiro atoms. The number of thioether (sulfide) groups is 1. The first-order valence-corrected chi connectivity index (χ1v) is 11.7. The summed E-state index contributed by atoms with van der Waals surface area (Å²) in [7, 11) is 0. The van der Waals surface area contributed by atoms with Crippen molar-refractivity contribution in [3.8, 4) is 11.1 Å². The molecule has 2 heterocycles. The summed E-state index contributed by atoms with van der Waals surface area (Å²) in [5.74, 6) is 0.183. The maximum atomic E-state index is 12.9. The zero-order valence-electron chi connectivity index (χ0n) is 16.6. The Hall–Kier alpha value is -2.51. The molecule has 2 fully saturated rings. The van der Waals surface area contributed by atoms with Gasteiger partial charge in [0.1, 0.15) is 18.7 Å². The molecule has 2 amide bonds. The van der Waals surface area contributed by atoms with Crippen molar-refractivity contribution in [2.75, 3.05) is 12.4 Å². The van der Waals surface area contributed by atoms with Crippen LogP contribution in [0.15, 0.2) is 48.5 Å². The van der Waals surface area contributed by atoms with Crippen LogP contribution < -0.4 is 5.32 Å². The number of hydrogen-bond acceptors (Lipinski definition) is 5. The third-order valence-corrected chi connectivity index (χ3v) is 7.85. The summed E-state index contributed by atoms with van der Waals surface area (Å²) in [6.45, 7) is 0.186. The van der Waals surface area contributed by atoms with Crippen LogP contribution in [0.3, 0.4) is 0 Å². The summed E-state index contributed by atoms with van der Waals surface area (Å²) in [6, 6.07) is 14.9. The molecular weight excluding hydrogens is 436 g/mol. The number of hydrogen-bond donors (Lipinski definition) is 1. The van der Waals surface area contributed by atoms with Crippen LogP contribution in [0.2, 0.25) is 0 Å². The fourth-order valence-electron chi connectivity index (χ4n) is 4.79. The highest BCUT2D eigenvalue weighted by Crippen LogP contribution is 2.44. The minimum absolute atomic E-state index is 0.0437. The molecule has 1 N–H and O–H groups in total. The Morgan fingerprint density at radius 3 is 2.35 bits per heavy atom. The molecule has 2 aromatic rings. The van der Waals surface area contributed by atoms with Crippen molar-refractivity contribution in [2.24, 2.45) is 0 Å². The first-order chi connectivity index (χ1) is 15.0. The lowest BCUT2D eigenvalue weighted by Gasteiger charge is -2.36. The van der Waals surface area contributed by atoms with E-state index in [-0.39, 0.29) is 23.8 Å². The van der Waals surface area contributed by atoms with Gasteiger partial charge in [-0.2, -0.15) is 0 Å². The van der Waals surface area contributed by atoms with Gasteiger partial charge in [0.05, 0.1) is 5.37 Å². The maximum Gasteiger partial charge on any atom is 0.407 e. The summed E-state index contributed by atoms with van der Waals surface area (Å²) in [5, 5.41) is 2.10. The number of ether oxygens (including phenoxy) is 1. The van der Waals surface area contributed by atoms with Crippen LogP contribution in [0.25, 0.3) is 11.1 Å². The quantitative estimate of drug-likeness (QED) is 0.709. The molecule has 6 nitrogen and oxygen atoms in total. The van der Waals surface area contributed by atoms with E-state index in [1.54, 1.807) is 11.8 Å². The first-order valence-electron chi connectivity index (χ1n) is 10.3. The van der Waals surface area contributed by atoms with Gasteiger partial charge in [0.15, 0.2) is 0 Å². The SMILES string of the molecule is O=C(N[C@H]1CC[C@@H]2SC[C@@H](C(=O)Cl)N2C1=O)OCC1c2ccccc2-c2ccccc21. The molecule has 3 aliphatic rings. The number of carbonyl (C=O) groups excluding carboxylic acids is 3. The Kier molecular flexibility index (Phi) is 5.40. The van der Waals surface area contributed by atoms with Crippen LogP contribution in [0.4, 0.5) is 4.79 Å². The summed E-state index contributed by atoms with van der Waals surface area (Å²) >= 11 is 7.23. The van der Waals surface area contributed by atoms with Crippen LogP contribution in [0, 0.1) is 0 Å². The maximum absolute atomic E-state index is 12.9. The van der Waals surface area contributed by atoms with Gasteiger partial charge in [-0.1, -0.05) is 48.5 Å². The lowest BCUT2D eigenvalue weighted by molar-refractivity contribution is -0.141. The van der Waals surface area contributed by atoms with Crippen LogP contribution in [0.1, 0.15) is 29.9 Å². The Labute approximate surface area is 189 Å². The van der Waals surface area contributed by atoms with Crippen LogP contribution in [0.5, 0.6) is 0 Å². The predicted molar refractivity (Wildman–Crippen MR) is 119 cm³/mol. The second-order valence-corrected chi connectivity index (χ2v) is 9.54. The van der Waals surface area contributed by atoms with E-state index in [4.69, 9.17) is 16.3 Å². The van der Waals surface area contributed by atoms with Crippen molar-refractivity contribution < 1.29 is 19.1 Å². The second kappa shape index (κ2) is 8.20. The van der Waals surface area contributed by atoms with E-state index >= 15 is 0 Å². The van der Waals surface area contributed by atoms with Gasteiger partial charge in [-0.3, -0.25) is 9.59 Å². The molecule has 31 heavy (non-hydrogen) atoms. The Bertz CT molecular complexity index is 1020. The van der Waals surface area contributed by atoms with E-state index in [0.29, 0.717) is 18.6 Å². The summed E-state index contributed by atoms with van der Waals surface area (Å²) < 4.78 is 5.56. The average Bonchev–Trinajstić information content (AvgIpc) is 3.34. The molecule has 2 saturated heterocycles. The van der Waals surface area contributed by atoms with Crippen molar-refractivity contribution in [3.05, 3.63) is 59.7 Å². The molecule has 2 aliphatic heterocycles. The Morgan fingerprint density at radius 1 is 1.06 bits per heavy atom. The molecule has 0 radical (unpaired) electrons. The molecule has 0 unspecified atom stereocenters. The summed E-state index contributed by atoms with van der Waals surface area (Å²) in [4.78, 5) is 38.6. The number of rotatable bonds is 4. The van der Waals surface area contributed by atoms with E-state index in [1.807, 2.05) is 24.3 Å². The fraction of sp³-hybridized carbons (Fsp3) is 0.348. The fourth-order valence-corrected chi connectivity index (χ4v) is 6.49. The van der Waals surface area contributed by atoms with Crippen LogP contribution >= 0.6 is 23.4 Å². The van der Waals surface area contributed by atoms with Crippen LogP contribution in [-0.4, -0.2) is 52.0 Å². The molecule has 1 aliphatic carbocycles. The number of piperidine rings is 1. The first kappa shape index (κ1) is 20.4. The third kappa shape index (κ3) is 3.59. The van der Waals surface area contributed by atoms with Gasteiger partial charge in [-0.25, -0.2) is 4.79 Å². The van der Waals surface area contributed by atoms with E-state index in [2.05, 4.69) is 29.6 Å². The van der Waals surface area contributed by atoms with E-state index in [1.165, 1.54) is 4.90 Å². The topological polar surface area (TPSA) is 75.7 Å². The molecule has 0 aromatic heterocycles. The molecular formula is C23H21ClN2O4S. The van der Waals surface area contributed by atoms with E-state index in [9.17, 15) is 14.4 Å². The van der Waals surface area contributed by atoms with Crippen molar-refractivity contribution in [3.63, 3.8) is 0 Å². The van der Waals surface area contributed by atoms with Gasteiger partial charge in [-0.05, 0) is 46.7 Å². The molecule has 8 heteroatoms. The minimum Gasteiger partial charge on any atom is -0.449 e. The standard InChI is InChI=1S/C23H21ClN2O4S/c24-21(27)19-12-31-20-10-9-18(22(28)26(19)20)25-23(29)30-11-17-15-7-3-1-5-13(15)14-6-2-4-8-16(14)17/h1-8,17-20H,9-12H2,(H,25,29)/t18-,19-,20-/m0/s1. The number of fused-ring (bicyclic) bond motifs is 4. The van der Waals surface area contributed by atoms with Gasteiger partial charge in [-0.15, -0.1) is 11.8 Å². The highest BCUT2D eigenvalue weighted by atomic mass is 35.5. The zero-order valence-corrected chi connectivity index (χ0v) is 18.2. The van der Waals surface area contributed by atoms with Crippen LogP contribution in [-0.2, 0) is 14.3 Å². The minimum atomic E-state index is -0.705. The number of alkyl carbamates (subject to hydrolysis) is 1. The van der Waals surface area contributed by atoms with E-state index < -0.39 is 23.4 Å². The summed E-state index contributed by atoms with van der Waals surface area (Å²) in [5.41, 5.74) is 4.57. The highest BCUT2D eigenvalue weighted by molar-refractivity contribution is 8.00. The molecule has 160 valence electrons. The highest BCUT2D eigenvalue weighted by Gasteiger charge is 2.46. The van der Waals surface area contributed by atoms with E-state index in [0.717, 1.165) is 22.3 Å². The number of nitrogens with zero attached hydrogens (tertiary/aromatic N) is 1.